The maximum Gasteiger partial charge on any atom is 0.338 e. The third-order valence-corrected chi connectivity index (χ3v) is 4.29. The number of nitrogens with zero attached hydrogens (tertiary/aromatic N) is 2. The molecule has 0 radical (unpaired) electrons. The second-order valence-electron chi connectivity index (χ2n) is 6.15. The first-order chi connectivity index (χ1) is 14.0. The summed E-state index contributed by atoms with van der Waals surface area (Å²) in [6.07, 6.45) is 1.34. The summed E-state index contributed by atoms with van der Waals surface area (Å²) in [4.78, 5) is 33.6. The number of carbonyl (C=O) groups excluding carboxylic acids is 2. The van der Waals surface area contributed by atoms with Crippen molar-refractivity contribution in [2.75, 3.05) is 0 Å². The van der Waals surface area contributed by atoms with Gasteiger partial charge in [-0.1, -0.05) is 6.07 Å². The lowest BCUT2D eigenvalue weighted by Gasteiger charge is -2.00. The smallest absolute Gasteiger partial charge is 0.338 e. The van der Waals surface area contributed by atoms with Gasteiger partial charge in [0.1, 0.15) is 18.1 Å². The minimum Gasteiger partial charge on any atom is -0.457 e. The molecule has 1 amide bonds. The summed E-state index contributed by atoms with van der Waals surface area (Å²) in [6.45, 7) is 0.242. The monoisotopic (exact) mass is 391 g/mol. The molecule has 9 heteroatoms. The highest BCUT2D eigenvalue weighted by molar-refractivity contribution is 5.95. The maximum atomic E-state index is 12.0. The first-order valence-electron chi connectivity index (χ1n) is 8.49. The molecule has 1 N–H and O–H groups in total. The number of benzene rings is 2. The van der Waals surface area contributed by atoms with Gasteiger partial charge < -0.3 is 9.15 Å². The van der Waals surface area contributed by atoms with Crippen LogP contribution in [-0.2, 0) is 11.3 Å². The van der Waals surface area contributed by atoms with Crippen molar-refractivity contribution in [3.05, 3.63) is 87.2 Å². The average Bonchev–Trinajstić information content (AvgIpc) is 3.35. The molecule has 1 aromatic heterocycles. The number of fused-ring (bicyclic) bond motifs is 1. The number of amides is 1. The molecular formula is C20H13N3O6. The Bertz CT molecular complexity index is 1150. The first-order valence-corrected chi connectivity index (χ1v) is 8.49. The molecule has 3 aromatic rings. The number of hydrogen-bond donors (Lipinski definition) is 1. The van der Waals surface area contributed by atoms with E-state index >= 15 is 0 Å². The van der Waals surface area contributed by atoms with E-state index in [2.05, 4.69) is 10.5 Å². The van der Waals surface area contributed by atoms with E-state index in [-0.39, 0.29) is 23.8 Å². The molecule has 0 bridgehead atoms. The number of nitro benzene ring substituents is 1. The van der Waals surface area contributed by atoms with Crippen molar-refractivity contribution in [1.29, 1.82) is 0 Å². The highest BCUT2D eigenvalue weighted by Crippen LogP contribution is 2.28. The molecule has 29 heavy (non-hydrogen) atoms. The van der Waals surface area contributed by atoms with Crippen LogP contribution in [0.4, 0.5) is 5.69 Å². The Hall–Kier alpha value is -4.27. The topological polar surface area (TPSA) is 124 Å². The number of nitrogens with one attached hydrogen (secondary N) is 1. The number of rotatable bonds is 5. The summed E-state index contributed by atoms with van der Waals surface area (Å²) < 4.78 is 10.7. The predicted molar refractivity (Wildman–Crippen MR) is 101 cm³/mol. The van der Waals surface area contributed by atoms with Gasteiger partial charge in [0.25, 0.3) is 11.6 Å². The van der Waals surface area contributed by atoms with E-state index in [0.29, 0.717) is 17.1 Å². The molecule has 1 aliphatic heterocycles. The Kier molecular flexibility index (Phi) is 4.62. The molecule has 0 fully saturated rings. The highest BCUT2D eigenvalue weighted by atomic mass is 16.6. The van der Waals surface area contributed by atoms with Gasteiger partial charge >= 0.3 is 5.97 Å². The zero-order chi connectivity index (χ0) is 20.4. The van der Waals surface area contributed by atoms with E-state index in [1.807, 2.05) is 6.07 Å². The van der Waals surface area contributed by atoms with E-state index in [9.17, 15) is 19.7 Å². The van der Waals surface area contributed by atoms with Crippen LogP contribution >= 0.6 is 0 Å². The van der Waals surface area contributed by atoms with Gasteiger partial charge in [-0.25, -0.2) is 10.2 Å². The number of esters is 1. The maximum absolute atomic E-state index is 12.0. The lowest BCUT2D eigenvalue weighted by atomic mass is 10.0. The lowest BCUT2D eigenvalue weighted by molar-refractivity contribution is -0.384. The zero-order valence-corrected chi connectivity index (χ0v) is 14.8. The van der Waals surface area contributed by atoms with Crippen molar-refractivity contribution in [1.82, 2.24) is 5.43 Å². The molecule has 0 spiro atoms. The van der Waals surface area contributed by atoms with E-state index in [4.69, 9.17) is 9.15 Å². The lowest BCUT2D eigenvalue weighted by Crippen LogP contribution is -2.17. The van der Waals surface area contributed by atoms with Crippen molar-refractivity contribution in [2.24, 2.45) is 5.10 Å². The molecule has 2 aromatic carbocycles. The molecule has 2 heterocycles. The van der Waals surface area contributed by atoms with Crippen LogP contribution < -0.4 is 5.43 Å². The van der Waals surface area contributed by atoms with Gasteiger partial charge in [0.05, 0.1) is 16.7 Å². The highest BCUT2D eigenvalue weighted by Gasteiger charge is 2.21. The molecule has 0 saturated heterocycles. The first kappa shape index (κ1) is 18.1. The third-order valence-electron chi connectivity index (χ3n) is 4.29. The van der Waals surface area contributed by atoms with Crippen LogP contribution in [-0.4, -0.2) is 23.0 Å². The van der Waals surface area contributed by atoms with Gasteiger partial charge in [0, 0.05) is 28.8 Å². The zero-order valence-electron chi connectivity index (χ0n) is 14.8. The Balaban J connectivity index is 1.41. The molecule has 0 unspecified atom stereocenters. The van der Waals surface area contributed by atoms with Gasteiger partial charge in [-0.3, -0.25) is 14.9 Å². The number of ether oxygens (including phenoxy) is 1. The minimum absolute atomic E-state index is 0.101. The Morgan fingerprint density at radius 1 is 1.14 bits per heavy atom. The number of carbonyl (C=O) groups is 2. The van der Waals surface area contributed by atoms with E-state index < -0.39 is 10.8 Å². The van der Waals surface area contributed by atoms with E-state index in [1.54, 1.807) is 24.3 Å². The van der Waals surface area contributed by atoms with Crippen LogP contribution in [0.2, 0.25) is 0 Å². The van der Waals surface area contributed by atoms with Crippen molar-refractivity contribution in [3.63, 3.8) is 0 Å². The SMILES string of the molecule is O=C(N/N=C\c1ccc(-c2ccc3c(c2)COC3=O)o1)c1ccc([N+](=O)[O-])cc1. The fourth-order valence-electron chi connectivity index (χ4n) is 2.82. The Morgan fingerprint density at radius 3 is 2.69 bits per heavy atom. The van der Waals surface area contributed by atoms with E-state index in [1.165, 1.54) is 30.5 Å². The third kappa shape index (κ3) is 3.74. The van der Waals surface area contributed by atoms with Crippen LogP contribution in [0.5, 0.6) is 0 Å². The molecule has 4 rings (SSSR count). The second-order valence-corrected chi connectivity index (χ2v) is 6.15. The average molecular weight is 391 g/mol. The minimum atomic E-state index is -0.541. The number of furan rings is 1. The van der Waals surface area contributed by atoms with E-state index in [0.717, 1.165) is 11.1 Å². The Morgan fingerprint density at radius 2 is 1.93 bits per heavy atom. The van der Waals surface area contributed by atoms with Gasteiger partial charge in [-0.15, -0.1) is 0 Å². The summed E-state index contributed by atoms with van der Waals surface area (Å²) in [5.74, 6) is 0.154. The number of cyclic esters (lactones) is 1. The van der Waals surface area contributed by atoms with Crippen LogP contribution in [0, 0.1) is 10.1 Å². The molecule has 0 aliphatic carbocycles. The number of hydrazone groups is 1. The van der Waals surface area contributed by atoms with Crippen molar-refractivity contribution in [3.8, 4) is 11.3 Å². The van der Waals surface area contributed by atoms with Crippen LogP contribution in [0.3, 0.4) is 0 Å². The van der Waals surface area contributed by atoms with Crippen LogP contribution in [0.15, 0.2) is 64.1 Å². The summed E-state index contributed by atoms with van der Waals surface area (Å²) in [5, 5.41) is 14.5. The molecule has 0 atom stereocenters. The van der Waals surface area contributed by atoms with Crippen molar-refractivity contribution >= 4 is 23.8 Å². The molecular weight excluding hydrogens is 378 g/mol. The Labute approximate surface area is 163 Å². The summed E-state index contributed by atoms with van der Waals surface area (Å²) in [5.41, 5.74) is 4.61. The number of hydrogen-bond acceptors (Lipinski definition) is 7. The van der Waals surface area contributed by atoms with Gasteiger partial charge in [0.2, 0.25) is 0 Å². The molecule has 0 saturated carbocycles. The second kappa shape index (κ2) is 7.39. The predicted octanol–water partition coefficient (Wildman–Crippen LogP) is 3.29. The van der Waals surface area contributed by atoms with Gasteiger partial charge in [0.15, 0.2) is 0 Å². The fourth-order valence-corrected chi connectivity index (χ4v) is 2.82. The summed E-state index contributed by atoms with van der Waals surface area (Å²) in [6, 6.07) is 13.9. The molecule has 9 nitrogen and oxygen atoms in total. The fraction of sp³-hybridized carbons (Fsp3) is 0.0500. The standard InChI is InChI=1S/C20H13N3O6/c24-19(12-1-4-15(5-2-12)23(26)27)22-21-10-16-6-8-18(29-16)13-3-7-17-14(9-13)11-28-20(17)25/h1-10H,11H2,(H,22,24)/b21-10-. The normalized spacial score (nSPS) is 12.6. The number of non-ortho nitro benzene ring substituents is 1. The largest absolute Gasteiger partial charge is 0.457 e. The number of nitro groups is 1. The van der Waals surface area contributed by atoms with Crippen molar-refractivity contribution < 1.29 is 23.7 Å². The summed E-state index contributed by atoms with van der Waals surface area (Å²) in [7, 11) is 0. The van der Waals surface area contributed by atoms with Crippen LogP contribution in [0.25, 0.3) is 11.3 Å². The van der Waals surface area contributed by atoms with Crippen molar-refractivity contribution in [2.45, 2.75) is 6.61 Å². The molecule has 144 valence electrons. The van der Waals surface area contributed by atoms with Gasteiger partial charge in [-0.2, -0.15) is 5.10 Å². The van der Waals surface area contributed by atoms with Crippen LogP contribution in [0.1, 0.15) is 32.0 Å². The quantitative estimate of drug-likeness (QED) is 0.308. The molecule has 1 aliphatic rings. The van der Waals surface area contributed by atoms with Gasteiger partial charge in [-0.05, 0) is 36.4 Å². The summed E-state index contributed by atoms with van der Waals surface area (Å²) >= 11 is 0.